The molecule has 0 aliphatic heterocycles. The SMILES string of the molecule is Cc1ccc(C)cc1.Cc1ccccc1-c1ccc2c3c4sc5ccccc5c4ccc3n(-c3ccccc3)c2c1C.c1ccccc1. The monoisotopic (exact) mass is 637 g/mol. The van der Waals surface area contributed by atoms with Crippen LogP contribution in [0.2, 0.25) is 0 Å². The zero-order valence-corrected chi connectivity index (χ0v) is 28.8. The Bertz CT molecular complexity index is 2420. The van der Waals surface area contributed by atoms with Crippen LogP contribution in [0.3, 0.4) is 0 Å². The van der Waals surface area contributed by atoms with Gasteiger partial charge in [0.05, 0.1) is 11.0 Å². The first-order valence-corrected chi connectivity index (χ1v) is 17.4. The fourth-order valence-electron chi connectivity index (χ4n) is 6.57. The van der Waals surface area contributed by atoms with Crippen molar-refractivity contribution in [2.75, 3.05) is 0 Å². The largest absolute Gasteiger partial charge is 0.309 e. The minimum Gasteiger partial charge on any atom is -0.309 e. The molecule has 0 saturated carbocycles. The van der Waals surface area contributed by atoms with E-state index in [-0.39, 0.29) is 0 Å². The number of benzene rings is 7. The normalized spacial score (nSPS) is 10.9. The Hall–Kier alpha value is -5.44. The maximum Gasteiger partial charge on any atom is 0.0576 e. The summed E-state index contributed by atoms with van der Waals surface area (Å²) in [6.07, 6.45) is 0. The molecule has 0 radical (unpaired) electrons. The number of fused-ring (bicyclic) bond motifs is 7. The summed E-state index contributed by atoms with van der Waals surface area (Å²) < 4.78 is 5.19. The quantitative estimate of drug-likeness (QED) is 0.178. The highest BCUT2D eigenvalue weighted by atomic mass is 32.1. The van der Waals surface area contributed by atoms with Gasteiger partial charge in [-0.1, -0.05) is 151 Å². The van der Waals surface area contributed by atoms with Gasteiger partial charge in [-0.2, -0.15) is 0 Å². The van der Waals surface area contributed by atoms with Crippen LogP contribution in [-0.4, -0.2) is 4.57 Å². The molecular weight excluding hydrogens is 599 g/mol. The Morgan fingerprint density at radius 1 is 0.438 bits per heavy atom. The third-order valence-electron chi connectivity index (χ3n) is 9.02. The maximum absolute atomic E-state index is 2.46. The van der Waals surface area contributed by atoms with Crippen molar-refractivity contribution < 1.29 is 0 Å². The Morgan fingerprint density at radius 2 is 1.00 bits per heavy atom. The first-order valence-electron chi connectivity index (χ1n) is 16.5. The number of nitrogens with zero attached hydrogens (tertiary/aromatic N) is 1. The van der Waals surface area contributed by atoms with Crippen molar-refractivity contribution in [1.82, 2.24) is 4.57 Å². The summed E-state index contributed by atoms with van der Waals surface area (Å²) >= 11 is 1.91. The van der Waals surface area contributed by atoms with Gasteiger partial charge in [-0.15, -0.1) is 11.3 Å². The summed E-state index contributed by atoms with van der Waals surface area (Å²) in [6.45, 7) is 8.68. The van der Waals surface area contributed by atoms with Crippen molar-refractivity contribution in [2.24, 2.45) is 0 Å². The fourth-order valence-corrected chi connectivity index (χ4v) is 7.83. The highest BCUT2D eigenvalue weighted by molar-refractivity contribution is 7.26. The van der Waals surface area contributed by atoms with Gasteiger partial charge in [0, 0.05) is 36.6 Å². The lowest BCUT2D eigenvalue weighted by molar-refractivity contribution is 1.17. The lowest BCUT2D eigenvalue weighted by Crippen LogP contribution is -1.96. The van der Waals surface area contributed by atoms with Crippen LogP contribution in [0.15, 0.2) is 164 Å². The lowest BCUT2D eigenvalue weighted by Gasteiger charge is -2.14. The number of hydrogen-bond donors (Lipinski definition) is 0. The van der Waals surface area contributed by atoms with Crippen molar-refractivity contribution in [3.05, 3.63) is 186 Å². The van der Waals surface area contributed by atoms with Crippen molar-refractivity contribution in [3.8, 4) is 16.8 Å². The Morgan fingerprint density at radius 3 is 1.67 bits per heavy atom. The van der Waals surface area contributed by atoms with Crippen LogP contribution in [0.5, 0.6) is 0 Å². The third kappa shape index (κ3) is 6.03. The molecular formula is C46H39NS. The molecule has 0 aliphatic rings. The molecule has 7 aromatic carbocycles. The number of rotatable bonds is 2. The summed E-state index contributed by atoms with van der Waals surface area (Å²) in [5.41, 5.74) is 11.7. The average Bonchev–Trinajstić information content (AvgIpc) is 3.68. The first-order chi connectivity index (χ1) is 23.5. The van der Waals surface area contributed by atoms with Gasteiger partial charge in [0.25, 0.3) is 0 Å². The highest BCUT2D eigenvalue weighted by Gasteiger charge is 2.20. The minimum atomic E-state index is 1.20. The molecule has 0 unspecified atom stereocenters. The summed E-state index contributed by atoms with van der Waals surface area (Å²) in [5, 5.41) is 5.38. The number of thiophene rings is 1. The molecule has 234 valence electrons. The van der Waals surface area contributed by atoms with E-state index in [2.05, 4.69) is 160 Å². The van der Waals surface area contributed by atoms with Gasteiger partial charge in [-0.3, -0.25) is 0 Å². The van der Waals surface area contributed by atoms with E-state index in [9.17, 15) is 0 Å². The molecule has 9 rings (SSSR count). The number of hydrogen-bond acceptors (Lipinski definition) is 1. The van der Waals surface area contributed by atoms with Crippen LogP contribution in [-0.2, 0) is 0 Å². The van der Waals surface area contributed by atoms with E-state index >= 15 is 0 Å². The Labute approximate surface area is 287 Å². The zero-order valence-electron chi connectivity index (χ0n) is 27.9. The van der Waals surface area contributed by atoms with E-state index in [1.165, 1.54) is 81.0 Å². The van der Waals surface area contributed by atoms with E-state index in [0.717, 1.165) is 0 Å². The second-order valence-corrected chi connectivity index (χ2v) is 13.4. The van der Waals surface area contributed by atoms with E-state index in [1.807, 2.05) is 47.7 Å². The zero-order chi connectivity index (χ0) is 33.0. The first kappa shape index (κ1) is 31.2. The van der Waals surface area contributed by atoms with Gasteiger partial charge in [0.1, 0.15) is 0 Å². The van der Waals surface area contributed by atoms with Crippen molar-refractivity contribution in [1.29, 1.82) is 0 Å². The van der Waals surface area contributed by atoms with Gasteiger partial charge < -0.3 is 4.57 Å². The van der Waals surface area contributed by atoms with Gasteiger partial charge in [0.2, 0.25) is 0 Å². The van der Waals surface area contributed by atoms with E-state index < -0.39 is 0 Å². The molecule has 2 heterocycles. The van der Waals surface area contributed by atoms with Crippen LogP contribution in [0.25, 0.3) is 58.8 Å². The predicted octanol–water partition coefficient (Wildman–Crippen LogP) is 13.4. The molecule has 1 nitrogen and oxygen atoms in total. The Balaban J connectivity index is 0.000000216. The predicted molar refractivity (Wildman–Crippen MR) is 211 cm³/mol. The smallest absolute Gasteiger partial charge is 0.0576 e. The van der Waals surface area contributed by atoms with Crippen molar-refractivity contribution in [3.63, 3.8) is 0 Å². The molecule has 0 N–H and O–H groups in total. The summed E-state index contributed by atoms with van der Waals surface area (Å²) in [7, 11) is 0. The van der Waals surface area contributed by atoms with Crippen LogP contribution >= 0.6 is 11.3 Å². The van der Waals surface area contributed by atoms with Crippen molar-refractivity contribution in [2.45, 2.75) is 27.7 Å². The minimum absolute atomic E-state index is 1.20. The summed E-state index contributed by atoms with van der Waals surface area (Å²) in [4.78, 5) is 0. The summed E-state index contributed by atoms with van der Waals surface area (Å²) in [5.74, 6) is 0. The van der Waals surface area contributed by atoms with Crippen LogP contribution in [0.1, 0.15) is 22.3 Å². The van der Waals surface area contributed by atoms with E-state index in [0.29, 0.717) is 0 Å². The fraction of sp³-hybridized carbons (Fsp3) is 0.0870. The van der Waals surface area contributed by atoms with Crippen LogP contribution < -0.4 is 0 Å². The van der Waals surface area contributed by atoms with Crippen molar-refractivity contribution >= 4 is 53.3 Å². The molecule has 0 saturated heterocycles. The molecule has 0 amide bonds. The second kappa shape index (κ2) is 13.7. The number of aryl methyl sites for hydroxylation is 4. The molecule has 9 aromatic rings. The molecule has 0 spiro atoms. The molecule has 0 fully saturated rings. The van der Waals surface area contributed by atoms with E-state index in [4.69, 9.17) is 0 Å². The summed E-state index contributed by atoms with van der Waals surface area (Å²) in [6, 6.07) is 58.0. The highest BCUT2D eigenvalue weighted by Crippen LogP contribution is 2.45. The molecule has 0 atom stereocenters. The van der Waals surface area contributed by atoms with Gasteiger partial charge in [-0.25, -0.2) is 0 Å². The van der Waals surface area contributed by atoms with E-state index in [1.54, 1.807) is 0 Å². The molecule has 0 bridgehead atoms. The maximum atomic E-state index is 2.46. The molecule has 0 aliphatic carbocycles. The van der Waals surface area contributed by atoms with Gasteiger partial charge in [0.15, 0.2) is 0 Å². The number of aromatic nitrogens is 1. The lowest BCUT2D eigenvalue weighted by atomic mass is 9.94. The second-order valence-electron chi connectivity index (χ2n) is 12.4. The van der Waals surface area contributed by atoms with Gasteiger partial charge in [-0.05, 0) is 74.2 Å². The van der Waals surface area contributed by atoms with Gasteiger partial charge >= 0.3 is 0 Å². The molecule has 2 aromatic heterocycles. The third-order valence-corrected chi connectivity index (χ3v) is 10.2. The average molecular weight is 638 g/mol. The van der Waals surface area contributed by atoms with Crippen LogP contribution in [0, 0.1) is 27.7 Å². The molecule has 2 heteroatoms. The standard InChI is InChI=1S/C32H23NS.C8H10.C6H6/c1-20-10-6-7-13-23(20)24-16-17-27-30-28(33(31(27)21(24)2)22-11-4-3-5-12-22)19-18-26-25-14-8-9-15-29(25)34-32(26)30;1-7-3-5-8(2)6-4-7;1-2-4-6-5-3-1/h3-19H,1-2H3;3-6H,1-2H3;1-6H. The topological polar surface area (TPSA) is 4.93 Å². The molecule has 48 heavy (non-hydrogen) atoms. The Kier molecular flexibility index (Phi) is 8.92. The number of para-hydroxylation sites is 1. The van der Waals surface area contributed by atoms with Crippen LogP contribution in [0.4, 0.5) is 0 Å².